The molecule has 9 heteroatoms. The van der Waals surface area contributed by atoms with Crippen LogP contribution in [0.4, 0.5) is 23.2 Å². The van der Waals surface area contributed by atoms with E-state index >= 15 is 0 Å². The first-order valence-corrected chi connectivity index (χ1v) is 10.4. The summed E-state index contributed by atoms with van der Waals surface area (Å²) < 4.78 is 5.74. The highest BCUT2D eigenvalue weighted by Gasteiger charge is 2.24. The van der Waals surface area contributed by atoms with Gasteiger partial charge < -0.3 is 25.5 Å². The van der Waals surface area contributed by atoms with Crippen LogP contribution < -0.4 is 16.0 Å². The highest BCUT2D eigenvalue weighted by molar-refractivity contribution is 5.83. The van der Waals surface area contributed by atoms with E-state index in [1.165, 1.54) is 0 Å². The van der Waals surface area contributed by atoms with Crippen LogP contribution in [0.25, 0.3) is 22.4 Å². The molecule has 1 aliphatic carbocycles. The van der Waals surface area contributed by atoms with Crippen molar-refractivity contribution in [3.05, 3.63) is 48.8 Å². The second kappa shape index (κ2) is 8.57. The number of benzene rings is 1. The molecule has 9 nitrogen and oxygen atoms in total. The van der Waals surface area contributed by atoms with Gasteiger partial charge in [-0.3, -0.25) is 4.98 Å². The van der Waals surface area contributed by atoms with Crippen LogP contribution in [0.3, 0.4) is 0 Å². The van der Waals surface area contributed by atoms with E-state index < -0.39 is 0 Å². The Hall–Kier alpha value is -3.72. The predicted molar refractivity (Wildman–Crippen MR) is 119 cm³/mol. The molecule has 0 radical (unpaired) electrons. The van der Waals surface area contributed by atoms with Gasteiger partial charge in [-0.25, -0.2) is 4.98 Å². The van der Waals surface area contributed by atoms with E-state index in [1.807, 2.05) is 36.4 Å². The van der Waals surface area contributed by atoms with Crippen LogP contribution in [0.1, 0.15) is 19.3 Å². The molecule has 158 valence electrons. The minimum atomic E-state index is 0.107. The number of nitrogens with zero attached hydrogens (tertiary/aromatic N) is 4. The third-order valence-corrected chi connectivity index (χ3v) is 4.98. The van der Waals surface area contributed by atoms with Gasteiger partial charge in [0.05, 0.1) is 16.8 Å². The number of aliphatic hydroxyl groups excluding tert-OH is 1. The van der Waals surface area contributed by atoms with E-state index in [0.717, 1.165) is 46.5 Å². The summed E-state index contributed by atoms with van der Waals surface area (Å²) in [6.07, 6.45) is 6.41. The summed E-state index contributed by atoms with van der Waals surface area (Å²) in [6, 6.07) is 12.7. The van der Waals surface area contributed by atoms with Crippen LogP contribution >= 0.6 is 0 Å². The van der Waals surface area contributed by atoms with E-state index in [4.69, 9.17) is 9.52 Å². The number of hydrogen-bond donors (Lipinski definition) is 4. The van der Waals surface area contributed by atoms with Gasteiger partial charge in [-0.05, 0) is 43.5 Å². The summed E-state index contributed by atoms with van der Waals surface area (Å²) in [4.78, 5) is 8.91. The van der Waals surface area contributed by atoms with Crippen molar-refractivity contribution in [3.8, 4) is 11.5 Å². The lowest BCUT2D eigenvalue weighted by Crippen LogP contribution is -2.04. The Labute approximate surface area is 178 Å². The Morgan fingerprint density at radius 2 is 2.03 bits per heavy atom. The third kappa shape index (κ3) is 4.56. The topological polar surface area (TPSA) is 121 Å². The zero-order valence-electron chi connectivity index (χ0n) is 16.9. The maximum absolute atomic E-state index is 8.91. The van der Waals surface area contributed by atoms with Crippen molar-refractivity contribution in [2.24, 2.45) is 0 Å². The Morgan fingerprint density at radius 3 is 2.90 bits per heavy atom. The normalized spacial score (nSPS) is 13.3. The lowest BCUT2D eigenvalue weighted by molar-refractivity contribution is 0.292. The van der Waals surface area contributed by atoms with Crippen molar-refractivity contribution in [1.82, 2.24) is 20.2 Å². The maximum atomic E-state index is 8.91. The molecule has 0 bridgehead atoms. The molecule has 5 rings (SSSR count). The van der Waals surface area contributed by atoms with Gasteiger partial charge in [0.1, 0.15) is 5.82 Å². The molecule has 0 amide bonds. The summed E-state index contributed by atoms with van der Waals surface area (Å²) in [7, 11) is 0. The molecule has 1 aromatic carbocycles. The fraction of sp³-hybridized carbons (Fsp3) is 0.273. The number of pyridine rings is 2. The van der Waals surface area contributed by atoms with Crippen molar-refractivity contribution >= 4 is 34.1 Å². The summed E-state index contributed by atoms with van der Waals surface area (Å²) >= 11 is 0. The molecule has 3 aromatic heterocycles. The van der Waals surface area contributed by atoms with Crippen molar-refractivity contribution in [2.75, 3.05) is 29.1 Å². The van der Waals surface area contributed by atoms with Gasteiger partial charge in [-0.2, -0.15) is 0 Å². The Kier molecular flexibility index (Phi) is 5.32. The molecule has 0 saturated heterocycles. The van der Waals surface area contributed by atoms with Gasteiger partial charge in [0, 0.05) is 48.7 Å². The van der Waals surface area contributed by atoms with E-state index in [1.54, 1.807) is 12.4 Å². The van der Waals surface area contributed by atoms with Crippen molar-refractivity contribution in [1.29, 1.82) is 0 Å². The first kappa shape index (κ1) is 19.3. The number of anilines is 4. The first-order chi connectivity index (χ1) is 15.3. The van der Waals surface area contributed by atoms with E-state index in [2.05, 4.69) is 36.1 Å². The largest absolute Gasteiger partial charge is 0.403 e. The lowest BCUT2D eigenvalue weighted by Gasteiger charge is -2.12. The minimum Gasteiger partial charge on any atom is -0.403 e. The van der Waals surface area contributed by atoms with E-state index in [0.29, 0.717) is 30.9 Å². The van der Waals surface area contributed by atoms with Gasteiger partial charge in [0.25, 0.3) is 5.89 Å². The average molecular weight is 417 g/mol. The number of aromatic nitrogens is 4. The molecular formula is C22H23N7O2. The second-order valence-corrected chi connectivity index (χ2v) is 7.49. The maximum Gasteiger partial charge on any atom is 0.315 e. The fourth-order valence-corrected chi connectivity index (χ4v) is 3.24. The average Bonchev–Trinajstić information content (AvgIpc) is 3.48. The number of hydrogen-bond acceptors (Lipinski definition) is 9. The Balaban J connectivity index is 1.39. The molecular weight excluding hydrogens is 394 g/mol. The number of rotatable bonds is 9. The number of fused-ring (bicyclic) bond motifs is 1. The van der Waals surface area contributed by atoms with Gasteiger partial charge in [0.15, 0.2) is 0 Å². The highest BCUT2D eigenvalue weighted by atomic mass is 16.4. The SMILES string of the molecule is OCCCNc1nnc(-c2cnc(Nc3ccc4ncccc4c3)cc2NC2CC2)o1. The molecule has 4 N–H and O–H groups in total. The molecule has 31 heavy (non-hydrogen) atoms. The zero-order valence-corrected chi connectivity index (χ0v) is 16.9. The molecule has 0 spiro atoms. The highest BCUT2D eigenvalue weighted by Crippen LogP contribution is 2.34. The van der Waals surface area contributed by atoms with E-state index in [9.17, 15) is 0 Å². The van der Waals surface area contributed by atoms with Crippen LogP contribution in [0, 0.1) is 0 Å². The van der Waals surface area contributed by atoms with Gasteiger partial charge >= 0.3 is 6.01 Å². The van der Waals surface area contributed by atoms with Crippen molar-refractivity contribution in [2.45, 2.75) is 25.3 Å². The quantitative estimate of drug-likeness (QED) is 0.301. The van der Waals surface area contributed by atoms with Gasteiger partial charge in [-0.15, -0.1) is 5.10 Å². The zero-order chi connectivity index (χ0) is 21.0. The first-order valence-electron chi connectivity index (χ1n) is 10.4. The summed E-state index contributed by atoms with van der Waals surface area (Å²) in [5, 5.41) is 28.1. The number of nitrogens with one attached hydrogen (secondary N) is 3. The minimum absolute atomic E-state index is 0.107. The predicted octanol–water partition coefficient (Wildman–Crippen LogP) is 3.79. The van der Waals surface area contributed by atoms with Crippen LogP contribution in [-0.4, -0.2) is 44.5 Å². The summed E-state index contributed by atoms with van der Waals surface area (Å²) in [5.41, 5.74) is 3.54. The van der Waals surface area contributed by atoms with Crippen molar-refractivity contribution < 1.29 is 9.52 Å². The van der Waals surface area contributed by atoms with Crippen LogP contribution in [0.5, 0.6) is 0 Å². The lowest BCUT2D eigenvalue weighted by atomic mass is 10.2. The van der Waals surface area contributed by atoms with Crippen LogP contribution in [-0.2, 0) is 0 Å². The smallest absolute Gasteiger partial charge is 0.315 e. The molecule has 4 aromatic rings. The fourth-order valence-electron chi connectivity index (χ4n) is 3.24. The Morgan fingerprint density at radius 1 is 1.10 bits per heavy atom. The van der Waals surface area contributed by atoms with Gasteiger partial charge in [-0.1, -0.05) is 11.2 Å². The molecule has 0 unspecified atom stereocenters. The molecule has 1 aliphatic rings. The molecule has 0 aliphatic heterocycles. The molecule has 3 heterocycles. The molecule has 1 fully saturated rings. The molecule has 1 saturated carbocycles. The summed E-state index contributed by atoms with van der Waals surface area (Å²) in [5.74, 6) is 1.11. The van der Waals surface area contributed by atoms with Crippen LogP contribution in [0.2, 0.25) is 0 Å². The Bertz CT molecular complexity index is 1190. The van der Waals surface area contributed by atoms with Gasteiger partial charge in [0.2, 0.25) is 0 Å². The monoisotopic (exact) mass is 417 g/mol. The van der Waals surface area contributed by atoms with Crippen molar-refractivity contribution in [3.63, 3.8) is 0 Å². The standard InChI is InChI=1S/C22H23N7O2/c30-10-2-9-24-22-29-28-21(31-22)17-13-25-20(12-19(17)26-15-4-5-15)27-16-6-7-18-14(11-16)3-1-8-23-18/h1,3,6-8,11-13,15,30H,2,4-5,9-10H2,(H,24,29)(H2,25,26,27). The summed E-state index contributed by atoms with van der Waals surface area (Å²) in [6.45, 7) is 0.670. The number of aliphatic hydroxyl groups is 1. The second-order valence-electron chi connectivity index (χ2n) is 7.49. The third-order valence-electron chi connectivity index (χ3n) is 4.98. The van der Waals surface area contributed by atoms with Crippen LogP contribution in [0.15, 0.2) is 53.2 Å². The van der Waals surface area contributed by atoms with E-state index in [-0.39, 0.29) is 6.61 Å². The molecule has 0 atom stereocenters.